The largest absolute Gasteiger partial charge is 0.459 e. The van der Waals surface area contributed by atoms with E-state index in [1.165, 1.54) is 6.92 Å². The van der Waals surface area contributed by atoms with E-state index in [1.54, 1.807) is 20.8 Å². The minimum absolute atomic E-state index is 0.0718. The molecule has 168 valence electrons. The summed E-state index contributed by atoms with van der Waals surface area (Å²) in [5.41, 5.74) is -5.15. The Labute approximate surface area is 175 Å². The Hall–Kier alpha value is -1.97. The third-order valence-electron chi connectivity index (χ3n) is 6.80. The summed E-state index contributed by atoms with van der Waals surface area (Å²) >= 11 is 0. The average molecular weight is 426 g/mol. The van der Waals surface area contributed by atoms with Crippen molar-refractivity contribution in [3.8, 4) is 0 Å². The first-order valence-corrected chi connectivity index (χ1v) is 10.2. The van der Waals surface area contributed by atoms with Crippen molar-refractivity contribution in [3.63, 3.8) is 0 Å². The molecule has 7 unspecified atom stereocenters. The van der Waals surface area contributed by atoms with Gasteiger partial charge in [-0.25, -0.2) is 4.79 Å². The molecule has 0 spiro atoms. The molecule has 0 aromatic carbocycles. The third-order valence-corrected chi connectivity index (χ3v) is 6.80. The summed E-state index contributed by atoms with van der Waals surface area (Å²) < 4.78 is 16.6. The number of hydrogen-bond acceptors (Lipinski definition) is 9. The Bertz CT molecular complexity index is 800. The van der Waals surface area contributed by atoms with Gasteiger partial charge in [-0.2, -0.15) is 0 Å². The van der Waals surface area contributed by atoms with Gasteiger partial charge in [0, 0.05) is 25.7 Å². The predicted octanol–water partition coefficient (Wildman–Crippen LogP) is 0.529. The lowest BCUT2D eigenvalue weighted by molar-refractivity contribution is -0.210. The first kappa shape index (κ1) is 22.7. The Balaban J connectivity index is 2.21. The monoisotopic (exact) mass is 426 g/mol. The highest BCUT2D eigenvalue weighted by molar-refractivity contribution is 5.85. The van der Waals surface area contributed by atoms with Crippen LogP contribution in [0.1, 0.15) is 60.3 Å². The van der Waals surface area contributed by atoms with Gasteiger partial charge in [0.2, 0.25) is 0 Å². The number of aliphatic hydroxyl groups excluding tert-OH is 1. The molecule has 2 fully saturated rings. The number of fused-ring (bicyclic) bond motifs is 3. The summed E-state index contributed by atoms with van der Waals surface area (Å²) in [6.45, 7) is 7.40. The minimum atomic E-state index is -2.39. The highest BCUT2D eigenvalue weighted by atomic mass is 16.6. The van der Waals surface area contributed by atoms with Crippen molar-refractivity contribution in [2.24, 2.45) is 5.92 Å². The van der Waals surface area contributed by atoms with Crippen LogP contribution in [0.2, 0.25) is 0 Å². The van der Waals surface area contributed by atoms with Crippen LogP contribution in [-0.4, -0.2) is 68.3 Å². The molecule has 3 rings (SSSR count). The Morgan fingerprint density at radius 2 is 1.90 bits per heavy atom. The number of carbonyl (C=O) groups excluding carboxylic acids is 3. The molecule has 1 saturated heterocycles. The third kappa shape index (κ3) is 3.14. The quantitative estimate of drug-likeness (QED) is 0.334. The van der Waals surface area contributed by atoms with Gasteiger partial charge in [0.25, 0.3) is 0 Å². The van der Waals surface area contributed by atoms with Crippen LogP contribution in [0.25, 0.3) is 0 Å². The number of aliphatic hydroxyl groups is 3. The van der Waals surface area contributed by atoms with Crippen LogP contribution in [-0.2, 0) is 28.6 Å². The molecule has 9 nitrogen and oxygen atoms in total. The van der Waals surface area contributed by atoms with Crippen LogP contribution >= 0.6 is 0 Å². The zero-order valence-corrected chi connectivity index (χ0v) is 17.9. The molecule has 0 radical (unpaired) electrons. The van der Waals surface area contributed by atoms with E-state index in [4.69, 9.17) is 14.2 Å². The fourth-order valence-corrected chi connectivity index (χ4v) is 5.14. The van der Waals surface area contributed by atoms with Crippen LogP contribution in [0, 0.1) is 5.92 Å². The van der Waals surface area contributed by atoms with Crippen molar-refractivity contribution in [2.75, 3.05) is 0 Å². The summed E-state index contributed by atoms with van der Waals surface area (Å²) in [5.74, 6) is -2.86. The number of ether oxygens (including phenoxy) is 3. The number of hydrogen-bond donors (Lipinski definition) is 3. The molecular formula is C21H30O9. The van der Waals surface area contributed by atoms with E-state index in [0.717, 1.165) is 6.92 Å². The number of carbonyl (C=O) groups is 3. The second-order valence-electron chi connectivity index (χ2n) is 8.96. The van der Waals surface area contributed by atoms with Crippen molar-refractivity contribution in [1.29, 1.82) is 0 Å². The minimum Gasteiger partial charge on any atom is -0.459 e. The fraction of sp³-hybridized carbons (Fsp3) is 0.762. The maximum absolute atomic E-state index is 12.5. The van der Waals surface area contributed by atoms with Gasteiger partial charge in [-0.1, -0.05) is 6.92 Å². The van der Waals surface area contributed by atoms with Crippen molar-refractivity contribution >= 4 is 17.9 Å². The zero-order chi connectivity index (χ0) is 22.6. The molecule has 0 aromatic heterocycles. The predicted molar refractivity (Wildman–Crippen MR) is 102 cm³/mol. The Kier molecular flexibility index (Phi) is 5.54. The molecule has 0 aromatic rings. The van der Waals surface area contributed by atoms with Crippen molar-refractivity contribution < 1.29 is 43.9 Å². The average Bonchev–Trinajstić information content (AvgIpc) is 2.98. The molecule has 1 saturated carbocycles. The van der Waals surface area contributed by atoms with Gasteiger partial charge in [0.15, 0.2) is 17.3 Å². The Morgan fingerprint density at radius 3 is 2.47 bits per heavy atom. The lowest BCUT2D eigenvalue weighted by Crippen LogP contribution is -2.64. The summed E-state index contributed by atoms with van der Waals surface area (Å²) in [7, 11) is 0. The number of rotatable bonds is 4. The highest BCUT2D eigenvalue weighted by Gasteiger charge is 2.74. The van der Waals surface area contributed by atoms with E-state index in [-0.39, 0.29) is 19.3 Å². The SMILES string of the molecule is CCCC(=O)OC1CC(C)(OC(C)=O)C2CC(O)C(C)=C2C2OC(=O)C(C)(O)C12O. The fourth-order valence-electron chi connectivity index (χ4n) is 5.14. The standard InChI is InChI=1S/C21H30O9/c1-6-7-15(24)28-14-9-19(4,30-11(3)22)12-8-13(23)10(2)16(12)17-21(14,27)20(5,26)18(25)29-17/h12-14,17,23,26-27H,6-9H2,1-5H3. The van der Waals surface area contributed by atoms with E-state index in [9.17, 15) is 29.7 Å². The highest BCUT2D eigenvalue weighted by Crippen LogP contribution is 2.56. The van der Waals surface area contributed by atoms with Gasteiger partial charge < -0.3 is 29.5 Å². The van der Waals surface area contributed by atoms with Gasteiger partial charge in [-0.3, -0.25) is 9.59 Å². The van der Waals surface area contributed by atoms with Gasteiger partial charge >= 0.3 is 17.9 Å². The summed E-state index contributed by atoms with van der Waals surface area (Å²) in [4.78, 5) is 36.8. The summed E-state index contributed by atoms with van der Waals surface area (Å²) in [6, 6.07) is 0. The molecule has 2 aliphatic carbocycles. The van der Waals surface area contributed by atoms with E-state index < -0.39 is 58.9 Å². The molecular weight excluding hydrogens is 396 g/mol. The van der Waals surface area contributed by atoms with Crippen LogP contribution in [0.5, 0.6) is 0 Å². The van der Waals surface area contributed by atoms with Gasteiger partial charge in [-0.15, -0.1) is 0 Å². The molecule has 0 bridgehead atoms. The summed E-state index contributed by atoms with van der Waals surface area (Å²) in [6.07, 6.45) is -3.09. The van der Waals surface area contributed by atoms with Crippen molar-refractivity contribution in [2.45, 2.75) is 95.4 Å². The molecule has 30 heavy (non-hydrogen) atoms. The van der Waals surface area contributed by atoms with E-state index in [1.807, 2.05) is 0 Å². The van der Waals surface area contributed by atoms with Crippen molar-refractivity contribution in [1.82, 2.24) is 0 Å². The number of esters is 3. The Morgan fingerprint density at radius 1 is 1.27 bits per heavy atom. The van der Waals surface area contributed by atoms with E-state index in [2.05, 4.69) is 0 Å². The lowest BCUT2D eigenvalue weighted by Gasteiger charge is -2.41. The van der Waals surface area contributed by atoms with Gasteiger partial charge in [0.05, 0.1) is 6.10 Å². The van der Waals surface area contributed by atoms with Crippen LogP contribution < -0.4 is 0 Å². The molecule has 3 N–H and O–H groups in total. The molecule has 7 atom stereocenters. The molecule has 0 amide bonds. The van der Waals surface area contributed by atoms with Crippen molar-refractivity contribution in [3.05, 3.63) is 11.1 Å². The van der Waals surface area contributed by atoms with Crippen LogP contribution in [0.4, 0.5) is 0 Å². The molecule has 9 heteroatoms. The van der Waals surface area contributed by atoms with Crippen LogP contribution in [0.3, 0.4) is 0 Å². The maximum Gasteiger partial charge on any atom is 0.341 e. The van der Waals surface area contributed by atoms with E-state index in [0.29, 0.717) is 17.6 Å². The first-order chi connectivity index (χ1) is 13.8. The lowest BCUT2D eigenvalue weighted by atomic mass is 9.75. The molecule has 1 aliphatic heterocycles. The van der Waals surface area contributed by atoms with E-state index >= 15 is 0 Å². The smallest absolute Gasteiger partial charge is 0.341 e. The molecule has 3 aliphatic rings. The molecule has 1 heterocycles. The topological polar surface area (TPSA) is 140 Å². The second-order valence-corrected chi connectivity index (χ2v) is 8.96. The van der Waals surface area contributed by atoms with Gasteiger partial charge in [-0.05, 0) is 44.8 Å². The second kappa shape index (κ2) is 7.32. The summed E-state index contributed by atoms with van der Waals surface area (Å²) in [5, 5.41) is 33.2. The zero-order valence-electron chi connectivity index (χ0n) is 17.9. The first-order valence-electron chi connectivity index (χ1n) is 10.2. The van der Waals surface area contributed by atoms with Gasteiger partial charge in [0.1, 0.15) is 11.7 Å². The maximum atomic E-state index is 12.5. The van der Waals surface area contributed by atoms with Crippen LogP contribution in [0.15, 0.2) is 11.1 Å². The normalized spacial score (nSPS) is 42.9.